The average Bonchev–Trinajstić information content (AvgIpc) is 3.11. The third kappa shape index (κ3) is 4.64. The highest BCUT2D eigenvalue weighted by Gasteiger charge is 2.22. The SMILES string of the molecule is O=C(O)NC(Cc1ccccc1)C(=O)Nc1cnc(-c2ccncc2)s1. The highest BCUT2D eigenvalue weighted by Crippen LogP contribution is 2.28. The number of carbonyl (C=O) groups excluding carboxylic acids is 1. The molecule has 3 aromatic rings. The molecule has 26 heavy (non-hydrogen) atoms. The lowest BCUT2D eigenvalue weighted by Gasteiger charge is -2.16. The molecule has 132 valence electrons. The molecule has 1 unspecified atom stereocenters. The number of benzene rings is 1. The maximum Gasteiger partial charge on any atom is 0.405 e. The van der Waals surface area contributed by atoms with Crippen LogP contribution in [0.3, 0.4) is 0 Å². The molecule has 0 aliphatic carbocycles. The van der Waals surface area contributed by atoms with Crippen LogP contribution in [-0.2, 0) is 11.2 Å². The number of pyridine rings is 1. The lowest BCUT2D eigenvalue weighted by molar-refractivity contribution is -0.118. The number of hydrogen-bond acceptors (Lipinski definition) is 5. The van der Waals surface area contributed by atoms with Crippen molar-refractivity contribution in [3.05, 3.63) is 66.6 Å². The van der Waals surface area contributed by atoms with Crippen LogP contribution in [0.2, 0.25) is 0 Å². The Balaban J connectivity index is 1.71. The fourth-order valence-electron chi connectivity index (χ4n) is 2.38. The Labute approximate surface area is 153 Å². The van der Waals surface area contributed by atoms with E-state index in [4.69, 9.17) is 5.11 Å². The summed E-state index contributed by atoms with van der Waals surface area (Å²) in [5.41, 5.74) is 1.76. The summed E-state index contributed by atoms with van der Waals surface area (Å²) in [6.07, 6.45) is 3.90. The fourth-order valence-corrected chi connectivity index (χ4v) is 3.20. The van der Waals surface area contributed by atoms with Gasteiger partial charge in [-0.3, -0.25) is 9.78 Å². The Morgan fingerprint density at radius 2 is 1.85 bits per heavy atom. The number of anilines is 1. The molecule has 7 nitrogen and oxygen atoms in total. The maximum absolute atomic E-state index is 12.5. The first-order valence-electron chi connectivity index (χ1n) is 7.82. The number of amides is 2. The van der Waals surface area contributed by atoms with Crippen LogP contribution in [0, 0.1) is 0 Å². The second kappa shape index (κ2) is 8.21. The standard InChI is InChI=1S/C18H16N4O3S/c23-16(14(21-18(24)25)10-12-4-2-1-3-5-12)22-15-11-20-17(26-15)13-6-8-19-9-7-13/h1-9,11,14,21H,10H2,(H,22,23)(H,24,25). The normalized spacial score (nSPS) is 11.5. The van der Waals surface area contributed by atoms with Crippen molar-refractivity contribution < 1.29 is 14.7 Å². The number of aromatic nitrogens is 2. The van der Waals surface area contributed by atoms with Gasteiger partial charge in [0.2, 0.25) is 5.91 Å². The van der Waals surface area contributed by atoms with Gasteiger partial charge in [-0.25, -0.2) is 9.78 Å². The number of nitrogens with zero attached hydrogens (tertiary/aromatic N) is 2. The van der Waals surface area contributed by atoms with Gasteiger partial charge < -0.3 is 15.7 Å². The van der Waals surface area contributed by atoms with E-state index < -0.39 is 18.0 Å². The van der Waals surface area contributed by atoms with E-state index in [0.717, 1.165) is 16.1 Å². The molecule has 8 heteroatoms. The van der Waals surface area contributed by atoms with E-state index in [2.05, 4.69) is 20.6 Å². The van der Waals surface area contributed by atoms with Crippen molar-refractivity contribution in [1.29, 1.82) is 0 Å². The van der Waals surface area contributed by atoms with Gasteiger partial charge in [0.15, 0.2) is 0 Å². The summed E-state index contributed by atoms with van der Waals surface area (Å²) in [5.74, 6) is -0.429. The molecule has 0 saturated heterocycles. The third-order valence-electron chi connectivity index (χ3n) is 3.58. The zero-order valence-electron chi connectivity index (χ0n) is 13.6. The summed E-state index contributed by atoms with van der Waals surface area (Å²) < 4.78 is 0. The number of rotatable bonds is 6. The summed E-state index contributed by atoms with van der Waals surface area (Å²) in [7, 11) is 0. The lowest BCUT2D eigenvalue weighted by atomic mass is 10.1. The summed E-state index contributed by atoms with van der Waals surface area (Å²) in [5, 5.41) is 15.3. The van der Waals surface area contributed by atoms with Gasteiger partial charge in [-0.05, 0) is 17.7 Å². The van der Waals surface area contributed by atoms with Crippen molar-refractivity contribution in [3.63, 3.8) is 0 Å². The second-order valence-electron chi connectivity index (χ2n) is 5.45. The molecule has 2 heterocycles. The quantitative estimate of drug-likeness (QED) is 0.620. The van der Waals surface area contributed by atoms with Crippen LogP contribution in [0.25, 0.3) is 10.6 Å². The van der Waals surface area contributed by atoms with Gasteiger partial charge >= 0.3 is 6.09 Å². The largest absolute Gasteiger partial charge is 0.465 e. The average molecular weight is 368 g/mol. The van der Waals surface area contributed by atoms with Crippen molar-refractivity contribution in [2.75, 3.05) is 5.32 Å². The molecule has 0 fully saturated rings. The Hall–Kier alpha value is -3.26. The molecule has 3 N–H and O–H groups in total. The minimum Gasteiger partial charge on any atom is -0.465 e. The Bertz CT molecular complexity index is 884. The number of thiazole rings is 1. The topological polar surface area (TPSA) is 104 Å². The molecule has 2 amide bonds. The van der Waals surface area contributed by atoms with Gasteiger partial charge in [-0.1, -0.05) is 41.7 Å². The highest BCUT2D eigenvalue weighted by molar-refractivity contribution is 7.19. The van der Waals surface area contributed by atoms with Gasteiger partial charge in [-0.15, -0.1) is 0 Å². The minimum atomic E-state index is -1.25. The van der Waals surface area contributed by atoms with Crippen molar-refractivity contribution in [2.45, 2.75) is 12.5 Å². The van der Waals surface area contributed by atoms with Crippen LogP contribution in [0.4, 0.5) is 9.80 Å². The van der Waals surface area contributed by atoms with Gasteiger partial charge in [0.25, 0.3) is 0 Å². The molecule has 3 rings (SSSR count). The lowest BCUT2D eigenvalue weighted by Crippen LogP contribution is -2.44. The summed E-state index contributed by atoms with van der Waals surface area (Å²) in [6, 6.07) is 12.0. The molecule has 0 aliphatic rings. The first-order valence-corrected chi connectivity index (χ1v) is 8.64. The van der Waals surface area contributed by atoms with E-state index in [0.29, 0.717) is 5.00 Å². The van der Waals surface area contributed by atoms with Crippen LogP contribution >= 0.6 is 11.3 Å². The summed E-state index contributed by atoms with van der Waals surface area (Å²) in [6.45, 7) is 0. The first-order chi connectivity index (χ1) is 12.6. The van der Waals surface area contributed by atoms with Crippen molar-refractivity contribution >= 4 is 28.3 Å². The summed E-state index contributed by atoms with van der Waals surface area (Å²) >= 11 is 1.31. The van der Waals surface area contributed by atoms with Crippen LogP contribution in [0.1, 0.15) is 5.56 Å². The number of nitrogens with one attached hydrogen (secondary N) is 2. The molecule has 1 atom stereocenters. The van der Waals surface area contributed by atoms with E-state index in [1.165, 1.54) is 11.3 Å². The molecule has 0 bridgehead atoms. The first kappa shape index (κ1) is 17.6. The van der Waals surface area contributed by atoms with Gasteiger partial charge in [0, 0.05) is 24.4 Å². The molecule has 1 aromatic carbocycles. The molecule has 2 aromatic heterocycles. The molecular formula is C18H16N4O3S. The smallest absolute Gasteiger partial charge is 0.405 e. The van der Waals surface area contributed by atoms with Crippen molar-refractivity contribution in [3.8, 4) is 10.6 Å². The van der Waals surface area contributed by atoms with Crippen molar-refractivity contribution in [2.24, 2.45) is 0 Å². The molecule has 0 aliphatic heterocycles. The van der Waals surface area contributed by atoms with Gasteiger partial charge in [0.1, 0.15) is 16.1 Å². The van der Waals surface area contributed by atoms with Crippen LogP contribution < -0.4 is 10.6 Å². The zero-order valence-corrected chi connectivity index (χ0v) is 14.4. The molecular weight excluding hydrogens is 352 g/mol. The van der Waals surface area contributed by atoms with Crippen LogP contribution in [0.15, 0.2) is 61.1 Å². The minimum absolute atomic E-state index is 0.259. The predicted molar refractivity (Wildman–Crippen MR) is 99.1 cm³/mol. The van der Waals surface area contributed by atoms with E-state index >= 15 is 0 Å². The van der Waals surface area contributed by atoms with E-state index in [9.17, 15) is 9.59 Å². The fraction of sp³-hybridized carbons (Fsp3) is 0.111. The third-order valence-corrected chi connectivity index (χ3v) is 4.54. The number of carbonyl (C=O) groups is 2. The maximum atomic E-state index is 12.5. The number of carboxylic acid groups (broad SMARTS) is 1. The van der Waals surface area contributed by atoms with E-state index in [-0.39, 0.29) is 6.42 Å². The van der Waals surface area contributed by atoms with E-state index in [1.807, 2.05) is 42.5 Å². The zero-order chi connectivity index (χ0) is 18.4. The molecule has 0 saturated carbocycles. The predicted octanol–water partition coefficient (Wildman–Crippen LogP) is 3.02. The van der Waals surface area contributed by atoms with E-state index in [1.54, 1.807) is 18.6 Å². The highest BCUT2D eigenvalue weighted by atomic mass is 32.1. The van der Waals surface area contributed by atoms with Gasteiger partial charge in [-0.2, -0.15) is 0 Å². The molecule has 0 radical (unpaired) electrons. The van der Waals surface area contributed by atoms with Crippen molar-refractivity contribution in [1.82, 2.24) is 15.3 Å². The van der Waals surface area contributed by atoms with Crippen LogP contribution in [-0.4, -0.2) is 33.1 Å². The van der Waals surface area contributed by atoms with Gasteiger partial charge in [0.05, 0.1) is 6.20 Å². The molecule has 0 spiro atoms. The Morgan fingerprint density at radius 1 is 1.12 bits per heavy atom. The monoisotopic (exact) mass is 368 g/mol. The van der Waals surface area contributed by atoms with Crippen LogP contribution in [0.5, 0.6) is 0 Å². The summed E-state index contributed by atoms with van der Waals surface area (Å²) in [4.78, 5) is 31.8. The number of hydrogen-bond donors (Lipinski definition) is 3. The Kier molecular flexibility index (Phi) is 5.55. The Morgan fingerprint density at radius 3 is 2.54 bits per heavy atom. The second-order valence-corrected chi connectivity index (χ2v) is 6.48.